The van der Waals surface area contributed by atoms with Crippen LogP contribution in [-0.4, -0.2) is 10.2 Å². The molecule has 2 N–H and O–H groups in total. The number of halogens is 2. The van der Waals surface area contributed by atoms with Gasteiger partial charge in [0.15, 0.2) is 0 Å². The van der Waals surface area contributed by atoms with E-state index >= 15 is 0 Å². The first-order chi connectivity index (χ1) is 14.1. The van der Waals surface area contributed by atoms with Gasteiger partial charge >= 0.3 is 0 Å². The summed E-state index contributed by atoms with van der Waals surface area (Å²) >= 11 is 7.13. The highest BCUT2D eigenvalue weighted by atomic mass is 79.9. The van der Waals surface area contributed by atoms with Crippen LogP contribution in [0.2, 0.25) is 0 Å². The summed E-state index contributed by atoms with van der Waals surface area (Å²) in [5.74, 6) is 0.941. The Bertz CT molecular complexity index is 993. The van der Waals surface area contributed by atoms with Gasteiger partial charge in [-0.3, -0.25) is 0 Å². The van der Waals surface area contributed by atoms with E-state index in [4.69, 9.17) is 0 Å². The summed E-state index contributed by atoms with van der Waals surface area (Å²) < 4.78 is 1.38. The van der Waals surface area contributed by atoms with E-state index in [2.05, 4.69) is 90.7 Å². The van der Waals surface area contributed by atoms with Gasteiger partial charge in [-0.05, 0) is 90.6 Å². The molecule has 0 amide bonds. The summed E-state index contributed by atoms with van der Waals surface area (Å²) in [6, 6.07) is 18.6. The summed E-state index contributed by atoms with van der Waals surface area (Å²) in [7, 11) is 0. The average molecular weight is 532 g/mol. The Morgan fingerprint density at radius 1 is 0.667 bits per heavy atom. The molecule has 0 unspecified atom stereocenters. The molecule has 30 heavy (non-hydrogen) atoms. The number of phenols is 2. The molecule has 0 aliphatic carbocycles. The maximum Gasteiger partial charge on any atom is 0.133 e. The quantitative estimate of drug-likeness (QED) is 0.325. The fourth-order valence-corrected chi connectivity index (χ4v) is 4.92. The molecule has 3 aromatic rings. The van der Waals surface area contributed by atoms with Gasteiger partial charge in [0.2, 0.25) is 0 Å². The van der Waals surface area contributed by atoms with Crippen molar-refractivity contribution in [2.24, 2.45) is 0 Å². The number of hydrogen-bond donors (Lipinski definition) is 2. The van der Waals surface area contributed by atoms with Crippen LogP contribution in [0.4, 0.5) is 0 Å². The Balaban J connectivity index is 2.39. The van der Waals surface area contributed by atoms with Crippen molar-refractivity contribution >= 4 is 31.9 Å². The van der Waals surface area contributed by atoms with Crippen molar-refractivity contribution in [3.8, 4) is 11.5 Å². The second kappa shape index (κ2) is 8.76. The van der Waals surface area contributed by atoms with E-state index in [9.17, 15) is 10.2 Å². The molecule has 2 nitrogen and oxygen atoms in total. The van der Waals surface area contributed by atoms with E-state index in [0.717, 1.165) is 27.8 Å². The number of rotatable bonds is 5. The van der Waals surface area contributed by atoms with Gasteiger partial charge < -0.3 is 10.2 Å². The highest BCUT2D eigenvalue weighted by molar-refractivity contribution is 9.10. The molecule has 0 bridgehead atoms. The molecule has 0 atom stereocenters. The van der Waals surface area contributed by atoms with Gasteiger partial charge in [0.25, 0.3) is 0 Å². The molecule has 0 saturated heterocycles. The summed E-state index contributed by atoms with van der Waals surface area (Å²) in [5.41, 5.74) is 4.63. The Labute approximate surface area is 196 Å². The minimum atomic E-state index is -0.485. The molecule has 158 valence electrons. The predicted octanol–water partition coefficient (Wildman–Crippen LogP) is 8.22. The van der Waals surface area contributed by atoms with Gasteiger partial charge in [0, 0.05) is 5.41 Å². The van der Waals surface area contributed by atoms with Crippen LogP contribution < -0.4 is 0 Å². The van der Waals surface area contributed by atoms with Crippen LogP contribution in [0.15, 0.2) is 63.5 Å². The third-order valence-corrected chi connectivity index (χ3v) is 7.14. The van der Waals surface area contributed by atoms with Crippen molar-refractivity contribution in [1.82, 2.24) is 0 Å². The minimum Gasteiger partial charge on any atom is -0.506 e. The van der Waals surface area contributed by atoms with Gasteiger partial charge in [-0.25, -0.2) is 0 Å². The lowest BCUT2D eigenvalue weighted by Gasteiger charge is -2.34. The maximum absolute atomic E-state index is 10.6. The van der Waals surface area contributed by atoms with Crippen LogP contribution in [0.3, 0.4) is 0 Å². The van der Waals surface area contributed by atoms with Gasteiger partial charge in [-0.15, -0.1) is 0 Å². The number of phenolic OH excluding ortho intramolecular Hbond substituents is 2. The second-order valence-electron chi connectivity index (χ2n) is 8.59. The van der Waals surface area contributed by atoms with E-state index in [0.29, 0.717) is 20.4 Å². The molecule has 0 heterocycles. The molecule has 4 heteroatoms. The number of hydrogen-bond acceptors (Lipinski definition) is 2. The summed E-state index contributed by atoms with van der Waals surface area (Å²) in [5, 5.41) is 21.2. The molecule has 0 aliphatic rings. The molecule has 0 saturated carbocycles. The lowest BCUT2D eigenvalue weighted by molar-refractivity contribution is 0.460. The molecule has 0 spiro atoms. The van der Waals surface area contributed by atoms with Crippen LogP contribution in [0, 0.1) is 0 Å². The van der Waals surface area contributed by atoms with E-state index in [1.165, 1.54) is 0 Å². The zero-order valence-corrected chi connectivity index (χ0v) is 21.2. The SMILES string of the molecule is CC(C)c1cc(C(C)(c2ccccc2)c2cc(Br)c(O)c(C(C)C)c2)cc(Br)c1O. The van der Waals surface area contributed by atoms with Crippen LogP contribution in [-0.2, 0) is 5.41 Å². The highest BCUT2D eigenvalue weighted by Crippen LogP contribution is 2.46. The molecule has 3 rings (SSSR count). The Morgan fingerprint density at radius 2 is 1.07 bits per heavy atom. The molecule has 3 aromatic carbocycles. The molecule has 0 aliphatic heterocycles. The first kappa shape index (κ1) is 22.9. The van der Waals surface area contributed by atoms with Crippen molar-refractivity contribution in [3.63, 3.8) is 0 Å². The highest BCUT2D eigenvalue weighted by Gasteiger charge is 2.34. The maximum atomic E-state index is 10.6. The topological polar surface area (TPSA) is 40.5 Å². The van der Waals surface area contributed by atoms with Gasteiger partial charge in [0.05, 0.1) is 8.95 Å². The molecule has 0 aromatic heterocycles. The minimum absolute atomic E-state index is 0.180. The Hall–Kier alpha value is -1.78. The van der Waals surface area contributed by atoms with Crippen molar-refractivity contribution in [1.29, 1.82) is 0 Å². The van der Waals surface area contributed by atoms with Crippen LogP contribution in [0.1, 0.15) is 74.3 Å². The largest absolute Gasteiger partial charge is 0.506 e. The first-order valence-corrected chi connectivity index (χ1v) is 11.8. The molecular formula is C26H28Br2O2. The summed E-state index contributed by atoms with van der Waals surface area (Å²) in [4.78, 5) is 0. The summed E-state index contributed by atoms with van der Waals surface area (Å²) in [6.07, 6.45) is 0. The van der Waals surface area contributed by atoms with Crippen LogP contribution >= 0.6 is 31.9 Å². The fourth-order valence-electron chi connectivity index (χ4n) is 3.97. The van der Waals surface area contributed by atoms with Crippen molar-refractivity contribution in [3.05, 3.63) is 91.4 Å². The molecule has 0 radical (unpaired) electrons. The second-order valence-corrected chi connectivity index (χ2v) is 10.3. The van der Waals surface area contributed by atoms with Crippen molar-refractivity contribution < 1.29 is 10.2 Å². The Morgan fingerprint density at radius 3 is 1.43 bits per heavy atom. The standard InChI is InChI=1S/C26H28Br2O2/c1-15(2)20-11-18(13-22(27)24(20)29)26(5,17-9-7-6-8-10-17)19-12-21(16(3)4)25(30)23(28)14-19/h6-16,29-30H,1-5H3. The smallest absolute Gasteiger partial charge is 0.133 e. The van der Waals surface area contributed by atoms with Gasteiger partial charge in [0.1, 0.15) is 11.5 Å². The normalized spacial score (nSPS) is 12.0. The Kier molecular flexibility index (Phi) is 6.69. The van der Waals surface area contributed by atoms with Gasteiger partial charge in [-0.2, -0.15) is 0 Å². The molecular weight excluding hydrogens is 504 g/mol. The lowest BCUT2D eigenvalue weighted by Crippen LogP contribution is -2.26. The first-order valence-electron chi connectivity index (χ1n) is 10.2. The number of aromatic hydroxyl groups is 2. The van der Waals surface area contributed by atoms with Crippen molar-refractivity contribution in [2.45, 2.75) is 51.9 Å². The van der Waals surface area contributed by atoms with E-state index in [1.54, 1.807) is 0 Å². The van der Waals surface area contributed by atoms with Gasteiger partial charge in [-0.1, -0.05) is 70.2 Å². The van der Waals surface area contributed by atoms with E-state index in [1.807, 2.05) is 30.3 Å². The zero-order chi connectivity index (χ0) is 22.2. The third kappa shape index (κ3) is 4.04. The molecule has 0 fully saturated rings. The number of benzene rings is 3. The van der Waals surface area contributed by atoms with E-state index < -0.39 is 5.41 Å². The summed E-state index contributed by atoms with van der Waals surface area (Å²) in [6.45, 7) is 10.5. The fraction of sp³-hybridized carbons (Fsp3) is 0.308. The third-order valence-electron chi connectivity index (χ3n) is 5.94. The van der Waals surface area contributed by atoms with E-state index in [-0.39, 0.29) is 11.8 Å². The van der Waals surface area contributed by atoms with Crippen LogP contribution in [0.5, 0.6) is 11.5 Å². The monoisotopic (exact) mass is 530 g/mol. The van der Waals surface area contributed by atoms with Crippen molar-refractivity contribution in [2.75, 3.05) is 0 Å². The zero-order valence-electron chi connectivity index (χ0n) is 18.0. The predicted molar refractivity (Wildman–Crippen MR) is 132 cm³/mol. The average Bonchev–Trinajstić information content (AvgIpc) is 2.71. The lowest BCUT2D eigenvalue weighted by atomic mass is 9.70. The van der Waals surface area contributed by atoms with Crippen LogP contribution in [0.25, 0.3) is 0 Å².